The van der Waals surface area contributed by atoms with Crippen molar-refractivity contribution in [1.82, 2.24) is 4.98 Å². The quantitative estimate of drug-likeness (QED) is 0.520. The van der Waals surface area contributed by atoms with Crippen LogP contribution < -0.4 is 5.32 Å². The third kappa shape index (κ3) is 5.33. The third-order valence-electron chi connectivity index (χ3n) is 4.12. The van der Waals surface area contributed by atoms with Crippen LogP contribution in [0, 0.1) is 0 Å². The van der Waals surface area contributed by atoms with E-state index < -0.39 is 23.0 Å². The minimum absolute atomic E-state index is 0.176. The molecular weight excluding hydrogens is 435 g/mol. The maximum Gasteiger partial charge on any atom is 0.257 e. The number of amides is 1. The van der Waals surface area contributed by atoms with Crippen molar-refractivity contribution < 1.29 is 17.4 Å². The van der Waals surface area contributed by atoms with E-state index in [-0.39, 0.29) is 10.6 Å². The molecule has 0 aliphatic carbocycles. The molecular formula is C20H16Cl2N2O4S. The molecule has 0 bridgehead atoms. The zero-order chi connectivity index (χ0) is 21.0. The normalized spacial score (nSPS) is 12.0. The number of hydrogen-bond acceptors (Lipinski definition) is 5. The van der Waals surface area contributed by atoms with E-state index >= 15 is 0 Å². The molecule has 1 unspecified atom stereocenters. The van der Waals surface area contributed by atoms with Gasteiger partial charge in [-0.25, -0.2) is 8.42 Å². The Hall–Kier alpha value is -2.45. The number of hydrogen-bond donors (Lipinski definition) is 2. The van der Waals surface area contributed by atoms with Gasteiger partial charge in [-0.05, 0) is 55.0 Å². The Bertz CT molecular complexity index is 1110. The van der Waals surface area contributed by atoms with E-state index in [0.29, 0.717) is 27.5 Å². The molecule has 0 aliphatic rings. The molecule has 0 spiro atoms. The molecule has 1 amide bonds. The molecule has 0 radical (unpaired) electrons. The van der Waals surface area contributed by atoms with E-state index in [1.807, 2.05) is 12.1 Å². The number of nitrogens with one attached hydrogen (secondary N) is 1. The van der Waals surface area contributed by atoms with E-state index in [1.165, 1.54) is 12.1 Å². The fraction of sp³-hybridized carbons (Fsp3) is 0.100. The van der Waals surface area contributed by atoms with Crippen LogP contribution >= 0.6 is 23.2 Å². The van der Waals surface area contributed by atoms with Crippen molar-refractivity contribution in [2.45, 2.75) is 13.0 Å². The van der Waals surface area contributed by atoms with Gasteiger partial charge in [0.05, 0.1) is 27.4 Å². The second-order valence-electron chi connectivity index (χ2n) is 6.07. The monoisotopic (exact) mass is 450 g/mol. The standard InChI is InChI=1S/C20H16Cl2N2O4S/c1-12(28-29(26)27)13-5-7-15(18(22)10-13)20(25)24-14-6-8-17(21)16(11-14)19-4-2-3-9-23-19/h2-12,29H,1H3,(H,24,25). The fourth-order valence-corrected chi connectivity index (χ4v) is 3.55. The van der Waals surface area contributed by atoms with Gasteiger partial charge in [0, 0.05) is 17.4 Å². The molecule has 1 heterocycles. The summed E-state index contributed by atoms with van der Waals surface area (Å²) in [5.74, 6) is -0.417. The van der Waals surface area contributed by atoms with Crippen molar-refractivity contribution in [3.8, 4) is 11.3 Å². The summed E-state index contributed by atoms with van der Waals surface area (Å²) in [6.07, 6.45) is 0.953. The summed E-state index contributed by atoms with van der Waals surface area (Å²) in [6.45, 7) is 1.57. The van der Waals surface area contributed by atoms with Crippen LogP contribution in [0.4, 0.5) is 5.69 Å². The van der Waals surface area contributed by atoms with E-state index in [9.17, 15) is 13.2 Å². The first-order valence-electron chi connectivity index (χ1n) is 8.48. The van der Waals surface area contributed by atoms with E-state index in [0.717, 1.165) is 0 Å². The highest BCUT2D eigenvalue weighted by atomic mass is 35.5. The lowest BCUT2D eigenvalue weighted by Crippen LogP contribution is -2.13. The zero-order valence-corrected chi connectivity index (χ0v) is 17.5. The second-order valence-corrected chi connectivity index (χ2v) is 7.55. The van der Waals surface area contributed by atoms with E-state index in [4.69, 9.17) is 27.4 Å². The summed E-state index contributed by atoms with van der Waals surface area (Å²) in [4.78, 5) is 16.9. The second kappa shape index (κ2) is 9.37. The van der Waals surface area contributed by atoms with Gasteiger partial charge in [-0.3, -0.25) is 14.0 Å². The van der Waals surface area contributed by atoms with Crippen molar-refractivity contribution in [3.63, 3.8) is 0 Å². The van der Waals surface area contributed by atoms with Crippen molar-refractivity contribution in [1.29, 1.82) is 0 Å². The molecule has 1 aromatic heterocycles. The fourth-order valence-electron chi connectivity index (χ4n) is 2.68. The summed E-state index contributed by atoms with van der Waals surface area (Å²) >= 11 is 12.5. The summed E-state index contributed by atoms with van der Waals surface area (Å²) in [6, 6.07) is 15.2. The molecule has 9 heteroatoms. The number of aromatic nitrogens is 1. The van der Waals surface area contributed by atoms with Crippen LogP contribution in [0.2, 0.25) is 10.0 Å². The van der Waals surface area contributed by atoms with Gasteiger partial charge >= 0.3 is 0 Å². The number of benzene rings is 2. The Kier molecular flexibility index (Phi) is 6.87. The Morgan fingerprint density at radius 3 is 2.52 bits per heavy atom. The van der Waals surface area contributed by atoms with E-state index in [2.05, 4.69) is 10.3 Å². The maximum atomic E-state index is 12.7. The highest BCUT2D eigenvalue weighted by Crippen LogP contribution is 2.30. The summed E-state index contributed by atoms with van der Waals surface area (Å²) in [7, 11) is -2.99. The van der Waals surface area contributed by atoms with Gasteiger partial charge in [-0.2, -0.15) is 0 Å². The molecule has 1 atom stereocenters. The Balaban J connectivity index is 1.82. The number of nitrogens with zero attached hydrogens (tertiary/aromatic N) is 1. The van der Waals surface area contributed by atoms with Crippen LogP contribution in [0.15, 0.2) is 60.8 Å². The van der Waals surface area contributed by atoms with Crippen LogP contribution in [-0.2, 0) is 15.2 Å². The number of thiol groups is 1. The first kappa shape index (κ1) is 21.3. The van der Waals surface area contributed by atoms with Crippen LogP contribution in [0.1, 0.15) is 28.9 Å². The lowest BCUT2D eigenvalue weighted by atomic mass is 10.1. The highest BCUT2D eigenvalue weighted by molar-refractivity contribution is 7.67. The lowest BCUT2D eigenvalue weighted by molar-refractivity contribution is 0.102. The molecule has 3 rings (SSSR count). The molecule has 6 nitrogen and oxygen atoms in total. The van der Waals surface area contributed by atoms with Crippen LogP contribution in [0.3, 0.4) is 0 Å². The van der Waals surface area contributed by atoms with Gasteiger partial charge in [0.2, 0.25) is 0 Å². The summed E-state index contributed by atoms with van der Waals surface area (Å²) in [5, 5.41) is 3.46. The summed E-state index contributed by atoms with van der Waals surface area (Å²) < 4.78 is 26.1. The van der Waals surface area contributed by atoms with Gasteiger partial charge in [-0.15, -0.1) is 0 Å². The predicted molar refractivity (Wildman–Crippen MR) is 114 cm³/mol. The molecule has 1 N–H and O–H groups in total. The summed E-state index contributed by atoms with van der Waals surface area (Å²) in [5.41, 5.74) is 2.67. The molecule has 3 aromatic rings. The number of pyridine rings is 1. The smallest absolute Gasteiger partial charge is 0.257 e. The zero-order valence-electron chi connectivity index (χ0n) is 15.1. The molecule has 150 valence electrons. The van der Waals surface area contributed by atoms with E-state index in [1.54, 1.807) is 43.5 Å². The Morgan fingerprint density at radius 2 is 1.86 bits per heavy atom. The van der Waals surface area contributed by atoms with Crippen molar-refractivity contribution >= 4 is 45.8 Å². The van der Waals surface area contributed by atoms with Crippen LogP contribution in [-0.4, -0.2) is 19.3 Å². The SMILES string of the molecule is CC(O[SH](=O)=O)c1ccc(C(=O)Nc2ccc(Cl)c(-c3ccccn3)c2)c(Cl)c1. The molecule has 29 heavy (non-hydrogen) atoms. The van der Waals surface area contributed by atoms with Crippen molar-refractivity contribution in [2.75, 3.05) is 5.32 Å². The van der Waals surface area contributed by atoms with Crippen LogP contribution in [0.25, 0.3) is 11.3 Å². The molecule has 0 fully saturated rings. The minimum atomic E-state index is -2.99. The Labute approximate surface area is 179 Å². The molecule has 0 saturated carbocycles. The lowest BCUT2D eigenvalue weighted by Gasteiger charge is -2.12. The maximum absolute atomic E-state index is 12.7. The van der Waals surface area contributed by atoms with Crippen LogP contribution in [0.5, 0.6) is 0 Å². The highest BCUT2D eigenvalue weighted by Gasteiger charge is 2.15. The first-order chi connectivity index (χ1) is 13.8. The first-order valence-corrected chi connectivity index (χ1v) is 10.3. The van der Waals surface area contributed by atoms with Gasteiger partial charge in [-0.1, -0.05) is 35.3 Å². The number of anilines is 1. The molecule has 0 saturated heterocycles. The average Bonchev–Trinajstić information content (AvgIpc) is 2.69. The Morgan fingerprint density at radius 1 is 1.07 bits per heavy atom. The topological polar surface area (TPSA) is 85.4 Å². The largest absolute Gasteiger partial charge is 0.322 e. The van der Waals surface area contributed by atoms with Crippen molar-refractivity contribution in [3.05, 3.63) is 82.0 Å². The number of carbonyl (C=O) groups excluding carboxylic acids is 1. The predicted octanol–water partition coefficient (Wildman–Crippen LogP) is 4.91. The van der Waals surface area contributed by atoms with Gasteiger partial charge in [0.1, 0.15) is 0 Å². The van der Waals surface area contributed by atoms with Gasteiger partial charge in [0.25, 0.3) is 16.9 Å². The van der Waals surface area contributed by atoms with Gasteiger partial charge < -0.3 is 5.32 Å². The minimum Gasteiger partial charge on any atom is -0.322 e. The van der Waals surface area contributed by atoms with Crippen molar-refractivity contribution in [2.24, 2.45) is 0 Å². The number of rotatable bonds is 6. The van der Waals surface area contributed by atoms with Gasteiger partial charge in [0.15, 0.2) is 0 Å². The third-order valence-corrected chi connectivity index (χ3v) is 5.25. The number of carbonyl (C=O) groups is 1. The number of halogens is 2. The average molecular weight is 451 g/mol. The molecule has 2 aromatic carbocycles. The molecule has 0 aliphatic heterocycles.